The molecule has 1 atom stereocenters. The van der Waals surface area contributed by atoms with E-state index in [1.807, 2.05) is 26.0 Å². The molecule has 0 radical (unpaired) electrons. The first kappa shape index (κ1) is 14.5. The fourth-order valence-electron chi connectivity index (χ4n) is 1.76. The lowest BCUT2D eigenvalue weighted by Crippen LogP contribution is -2.43. The van der Waals surface area contributed by atoms with E-state index in [9.17, 15) is 4.79 Å². The second-order valence-corrected chi connectivity index (χ2v) is 4.56. The zero-order chi connectivity index (χ0) is 13.9. The maximum absolute atomic E-state index is 11.9. The van der Waals surface area contributed by atoms with Gasteiger partial charge in [-0.3, -0.25) is 0 Å². The van der Waals surface area contributed by atoms with E-state index in [0.29, 0.717) is 17.9 Å². The largest absolute Gasteiger partial charge is 0.496 e. The van der Waals surface area contributed by atoms with Crippen molar-refractivity contribution < 1.29 is 14.3 Å². The molecule has 0 fully saturated rings. The van der Waals surface area contributed by atoms with Crippen LogP contribution < -0.4 is 10.5 Å². The van der Waals surface area contributed by atoms with E-state index in [0.717, 1.165) is 11.1 Å². The number of esters is 1. The van der Waals surface area contributed by atoms with Gasteiger partial charge in [0.2, 0.25) is 0 Å². The van der Waals surface area contributed by atoms with Gasteiger partial charge in [0.25, 0.3) is 0 Å². The van der Waals surface area contributed by atoms with Gasteiger partial charge in [-0.2, -0.15) is 0 Å². The molecule has 1 unspecified atom stereocenters. The third-order valence-corrected chi connectivity index (χ3v) is 3.07. The molecular formula is C14H21NO3. The number of methoxy groups -OCH3 is 1. The second-order valence-electron chi connectivity index (χ2n) is 4.56. The van der Waals surface area contributed by atoms with Gasteiger partial charge in [-0.25, -0.2) is 4.79 Å². The second kappa shape index (κ2) is 5.40. The molecule has 0 bridgehead atoms. The number of benzene rings is 1. The van der Waals surface area contributed by atoms with Crippen LogP contribution in [0.1, 0.15) is 30.5 Å². The van der Waals surface area contributed by atoms with Gasteiger partial charge in [0.15, 0.2) is 0 Å². The maximum Gasteiger partial charge on any atom is 0.330 e. The third-order valence-electron chi connectivity index (χ3n) is 3.07. The van der Waals surface area contributed by atoms with Crippen LogP contribution >= 0.6 is 0 Å². The van der Waals surface area contributed by atoms with Crippen molar-refractivity contribution in [2.75, 3.05) is 13.7 Å². The highest BCUT2D eigenvalue weighted by Gasteiger charge is 2.35. The molecule has 0 amide bonds. The van der Waals surface area contributed by atoms with E-state index in [-0.39, 0.29) is 0 Å². The number of nitrogens with two attached hydrogens (primary N) is 1. The number of carbonyl (C=O) groups excluding carboxylic acids is 1. The van der Waals surface area contributed by atoms with Crippen molar-refractivity contribution in [3.8, 4) is 5.75 Å². The van der Waals surface area contributed by atoms with Gasteiger partial charge in [0.1, 0.15) is 11.3 Å². The highest BCUT2D eigenvalue weighted by atomic mass is 16.5. The Morgan fingerprint density at radius 3 is 2.39 bits per heavy atom. The Morgan fingerprint density at radius 2 is 1.89 bits per heavy atom. The summed E-state index contributed by atoms with van der Waals surface area (Å²) >= 11 is 0. The number of ether oxygens (including phenoxy) is 2. The lowest BCUT2D eigenvalue weighted by molar-refractivity contribution is -0.149. The topological polar surface area (TPSA) is 61.5 Å². The lowest BCUT2D eigenvalue weighted by atomic mass is 9.89. The molecular weight excluding hydrogens is 230 g/mol. The lowest BCUT2D eigenvalue weighted by Gasteiger charge is -2.25. The number of rotatable bonds is 4. The summed E-state index contributed by atoms with van der Waals surface area (Å²) in [4.78, 5) is 11.9. The van der Waals surface area contributed by atoms with Gasteiger partial charge in [-0.1, -0.05) is 0 Å². The van der Waals surface area contributed by atoms with Crippen molar-refractivity contribution in [3.05, 3.63) is 28.8 Å². The number of aryl methyl sites for hydroxylation is 2. The smallest absolute Gasteiger partial charge is 0.330 e. The van der Waals surface area contributed by atoms with Crippen molar-refractivity contribution >= 4 is 5.97 Å². The van der Waals surface area contributed by atoms with E-state index < -0.39 is 11.5 Å². The van der Waals surface area contributed by atoms with Gasteiger partial charge < -0.3 is 15.2 Å². The zero-order valence-electron chi connectivity index (χ0n) is 11.7. The molecule has 2 N–H and O–H groups in total. The van der Waals surface area contributed by atoms with Crippen LogP contribution in [0.5, 0.6) is 5.75 Å². The molecule has 0 saturated carbocycles. The van der Waals surface area contributed by atoms with Gasteiger partial charge in [0, 0.05) is 5.56 Å². The molecule has 18 heavy (non-hydrogen) atoms. The van der Waals surface area contributed by atoms with Crippen LogP contribution in [0, 0.1) is 13.8 Å². The highest BCUT2D eigenvalue weighted by molar-refractivity contribution is 5.83. The summed E-state index contributed by atoms with van der Waals surface area (Å²) in [5, 5.41) is 0. The van der Waals surface area contributed by atoms with E-state index in [1.165, 1.54) is 0 Å². The average molecular weight is 251 g/mol. The van der Waals surface area contributed by atoms with Crippen molar-refractivity contribution in [3.63, 3.8) is 0 Å². The predicted octanol–water partition coefficient (Wildman–Crippen LogP) is 2.05. The molecule has 1 aromatic carbocycles. The minimum atomic E-state index is -1.21. The van der Waals surface area contributed by atoms with Crippen molar-refractivity contribution in [1.82, 2.24) is 0 Å². The highest BCUT2D eigenvalue weighted by Crippen LogP contribution is 2.31. The van der Waals surface area contributed by atoms with Crippen molar-refractivity contribution in [1.29, 1.82) is 0 Å². The molecule has 0 aromatic heterocycles. The molecule has 0 saturated heterocycles. The van der Waals surface area contributed by atoms with Gasteiger partial charge >= 0.3 is 5.97 Å². The Labute approximate surface area is 108 Å². The van der Waals surface area contributed by atoms with E-state index >= 15 is 0 Å². The summed E-state index contributed by atoms with van der Waals surface area (Å²) in [6.45, 7) is 7.65. The fourth-order valence-corrected chi connectivity index (χ4v) is 1.76. The Morgan fingerprint density at radius 1 is 1.33 bits per heavy atom. The summed E-state index contributed by atoms with van der Waals surface area (Å²) in [5.41, 5.74) is 7.70. The van der Waals surface area contributed by atoms with Gasteiger partial charge in [-0.15, -0.1) is 0 Å². The Hall–Kier alpha value is -1.55. The van der Waals surface area contributed by atoms with Crippen LogP contribution in [0.2, 0.25) is 0 Å². The third kappa shape index (κ3) is 2.64. The number of hydrogen-bond donors (Lipinski definition) is 1. The van der Waals surface area contributed by atoms with Crippen LogP contribution in [-0.4, -0.2) is 19.7 Å². The van der Waals surface area contributed by atoms with Gasteiger partial charge in [0.05, 0.1) is 13.7 Å². The Bertz CT molecular complexity index is 453. The van der Waals surface area contributed by atoms with Crippen molar-refractivity contribution in [2.24, 2.45) is 5.73 Å². The van der Waals surface area contributed by atoms with Crippen LogP contribution in [-0.2, 0) is 15.1 Å². The van der Waals surface area contributed by atoms with Crippen LogP contribution in [0.15, 0.2) is 12.1 Å². The maximum atomic E-state index is 11.9. The molecule has 4 heteroatoms. The van der Waals surface area contributed by atoms with E-state index in [1.54, 1.807) is 21.0 Å². The number of hydrogen-bond acceptors (Lipinski definition) is 4. The summed E-state index contributed by atoms with van der Waals surface area (Å²) in [6.07, 6.45) is 0. The molecule has 0 aliphatic carbocycles. The minimum absolute atomic E-state index is 0.304. The quantitative estimate of drug-likeness (QED) is 0.832. The predicted molar refractivity (Wildman–Crippen MR) is 70.6 cm³/mol. The first-order valence-electron chi connectivity index (χ1n) is 5.96. The normalized spacial score (nSPS) is 13.9. The molecule has 0 aliphatic rings. The first-order valence-corrected chi connectivity index (χ1v) is 5.96. The molecule has 1 aromatic rings. The molecule has 1 rings (SSSR count). The SMILES string of the molecule is CCOC(=O)C(C)(N)c1cc(C)c(C)cc1OC. The molecule has 100 valence electrons. The van der Waals surface area contributed by atoms with Crippen molar-refractivity contribution in [2.45, 2.75) is 33.2 Å². The number of carbonyl (C=O) groups is 1. The molecule has 4 nitrogen and oxygen atoms in total. The van der Waals surface area contributed by atoms with E-state index in [4.69, 9.17) is 15.2 Å². The Balaban J connectivity index is 3.30. The zero-order valence-corrected chi connectivity index (χ0v) is 11.7. The summed E-state index contributed by atoms with van der Waals surface area (Å²) < 4.78 is 10.3. The average Bonchev–Trinajstić information content (AvgIpc) is 2.32. The van der Waals surface area contributed by atoms with E-state index in [2.05, 4.69) is 0 Å². The standard InChI is InChI=1S/C14H21NO3/c1-6-18-13(16)14(4,15)11-7-9(2)10(3)8-12(11)17-5/h7-8H,6,15H2,1-5H3. The summed E-state index contributed by atoms with van der Waals surface area (Å²) in [5.74, 6) is 0.155. The molecule has 0 spiro atoms. The van der Waals surface area contributed by atoms with Crippen LogP contribution in [0.4, 0.5) is 0 Å². The van der Waals surface area contributed by atoms with Crippen LogP contribution in [0.3, 0.4) is 0 Å². The monoisotopic (exact) mass is 251 g/mol. The summed E-state index contributed by atoms with van der Waals surface area (Å²) in [7, 11) is 1.56. The molecule has 0 aliphatic heterocycles. The Kier molecular flexibility index (Phi) is 4.35. The van der Waals surface area contributed by atoms with Crippen LogP contribution in [0.25, 0.3) is 0 Å². The van der Waals surface area contributed by atoms with Gasteiger partial charge in [-0.05, 0) is 51.0 Å². The minimum Gasteiger partial charge on any atom is -0.496 e. The first-order chi connectivity index (χ1) is 8.34. The molecule has 0 heterocycles. The summed E-state index contributed by atoms with van der Waals surface area (Å²) in [6, 6.07) is 3.76. The fraction of sp³-hybridized carbons (Fsp3) is 0.500.